The van der Waals surface area contributed by atoms with Crippen LogP contribution in [0.2, 0.25) is 0 Å². The summed E-state index contributed by atoms with van der Waals surface area (Å²) in [6, 6.07) is 20.0. The summed E-state index contributed by atoms with van der Waals surface area (Å²) < 4.78 is 5.49. The fraction of sp³-hybridized carbons (Fsp3) is 0.333. The summed E-state index contributed by atoms with van der Waals surface area (Å²) in [6.07, 6.45) is 8.10. The smallest absolute Gasteiger partial charge is 0.307 e. The number of carboxylic acid groups (broad SMARTS) is 1. The highest BCUT2D eigenvalue weighted by Crippen LogP contribution is 2.59. The van der Waals surface area contributed by atoms with E-state index in [4.69, 9.17) is 26.0 Å². The van der Waals surface area contributed by atoms with Gasteiger partial charge in [-0.2, -0.15) is 5.26 Å². The van der Waals surface area contributed by atoms with Gasteiger partial charge >= 0.3 is 5.97 Å². The Morgan fingerprint density at radius 1 is 1.13 bits per heavy atom. The average Bonchev–Trinajstić information content (AvgIpc) is 3.69. The third-order valence-corrected chi connectivity index (χ3v) is 11.4. The van der Waals surface area contributed by atoms with Crippen molar-refractivity contribution in [3.8, 4) is 6.07 Å². The quantitative estimate of drug-likeness (QED) is 0.211. The summed E-state index contributed by atoms with van der Waals surface area (Å²) in [6.45, 7) is 5.61. The van der Waals surface area contributed by atoms with Crippen molar-refractivity contribution in [2.24, 2.45) is 5.92 Å². The van der Waals surface area contributed by atoms with Crippen molar-refractivity contribution in [1.29, 1.82) is 5.26 Å². The molecule has 9 nitrogen and oxygen atoms in total. The highest BCUT2D eigenvalue weighted by Gasteiger charge is 2.55. The Labute approximate surface area is 282 Å². The number of oxazole rings is 1. The molecule has 3 unspecified atom stereocenters. The molecule has 2 aromatic carbocycles. The number of pyridine rings is 1. The predicted molar refractivity (Wildman–Crippen MR) is 181 cm³/mol. The standard InChI is InChI=1S/C36H34ClN5O4S/c1-35(37)29(25-6-3-2-4-7-25)8-5-11-36(35,47-31-16-23(9-12-39-31)18-42-21-28(43)22-42)34-40-30-15-24(14-27(17-38)32(30)46-34)19-41-13-10-26(20-41)33(44)45/h2-9,11-12,14-16,26,28,43H,10,13,18-22H2,1H3,(H,44,45). The lowest BCUT2D eigenvalue weighted by molar-refractivity contribution is -0.141. The van der Waals surface area contributed by atoms with Crippen molar-refractivity contribution in [1.82, 2.24) is 19.8 Å². The third kappa shape index (κ3) is 5.99. The molecule has 0 spiro atoms. The number of halogens is 1. The van der Waals surface area contributed by atoms with E-state index in [1.165, 1.54) is 11.8 Å². The number of aliphatic hydroxyl groups excluding tert-OH is 1. The molecule has 11 heteroatoms. The molecule has 2 fully saturated rings. The summed E-state index contributed by atoms with van der Waals surface area (Å²) in [5.41, 5.74) is 5.08. The molecule has 3 atom stereocenters. The number of fused-ring (bicyclic) bond motifs is 1. The molecule has 4 heterocycles. The maximum absolute atomic E-state index is 11.5. The first-order valence-corrected chi connectivity index (χ1v) is 16.8. The van der Waals surface area contributed by atoms with Gasteiger partial charge in [0.15, 0.2) is 5.58 Å². The Morgan fingerprint density at radius 3 is 2.64 bits per heavy atom. The van der Waals surface area contributed by atoms with E-state index in [1.807, 2.05) is 73.7 Å². The molecule has 2 aliphatic heterocycles. The van der Waals surface area contributed by atoms with Gasteiger partial charge in [-0.15, -0.1) is 11.6 Å². The average molecular weight is 668 g/mol. The molecule has 0 amide bonds. The van der Waals surface area contributed by atoms with E-state index < -0.39 is 15.6 Å². The van der Waals surface area contributed by atoms with Crippen LogP contribution in [-0.4, -0.2) is 73.1 Å². The number of rotatable bonds is 9. The number of carboxylic acids is 1. The second-order valence-electron chi connectivity index (χ2n) is 12.7. The van der Waals surface area contributed by atoms with E-state index in [2.05, 4.69) is 15.9 Å². The number of likely N-dealkylation sites (tertiary alicyclic amines) is 2. The monoisotopic (exact) mass is 667 g/mol. The van der Waals surface area contributed by atoms with Crippen molar-refractivity contribution in [3.05, 3.63) is 107 Å². The second-order valence-corrected chi connectivity index (χ2v) is 14.7. The molecule has 0 bridgehead atoms. The van der Waals surface area contributed by atoms with Crippen LogP contribution in [0, 0.1) is 17.2 Å². The summed E-state index contributed by atoms with van der Waals surface area (Å²) in [7, 11) is 0. The first-order valence-electron chi connectivity index (χ1n) is 15.6. The number of nitriles is 1. The number of benzene rings is 2. The fourth-order valence-electron chi connectivity index (χ4n) is 6.78. The van der Waals surface area contributed by atoms with Crippen LogP contribution in [0.4, 0.5) is 0 Å². The van der Waals surface area contributed by atoms with Gasteiger partial charge < -0.3 is 14.6 Å². The fourth-order valence-corrected chi connectivity index (χ4v) is 8.49. The molecular formula is C36H34ClN5O4S. The number of carbonyl (C=O) groups is 1. The van der Waals surface area contributed by atoms with Crippen LogP contribution in [0.5, 0.6) is 0 Å². The zero-order chi connectivity index (χ0) is 32.8. The van der Waals surface area contributed by atoms with Gasteiger partial charge in [0.1, 0.15) is 16.3 Å². The molecule has 2 aromatic heterocycles. The minimum atomic E-state index is -1.07. The van der Waals surface area contributed by atoms with Gasteiger partial charge in [-0.05, 0) is 66.4 Å². The predicted octanol–water partition coefficient (Wildman–Crippen LogP) is 5.82. The lowest BCUT2D eigenvalue weighted by atomic mass is 9.78. The highest BCUT2D eigenvalue weighted by molar-refractivity contribution is 8.00. The van der Waals surface area contributed by atoms with Crippen LogP contribution in [0.15, 0.2) is 88.5 Å². The minimum Gasteiger partial charge on any atom is -0.481 e. The van der Waals surface area contributed by atoms with Crippen LogP contribution >= 0.6 is 23.4 Å². The summed E-state index contributed by atoms with van der Waals surface area (Å²) in [5.74, 6) is -0.815. The summed E-state index contributed by atoms with van der Waals surface area (Å²) >= 11 is 9.17. The molecule has 2 saturated heterocycles. The number of nitrogens with zero attached hydrogens (tertiary/aromatic N) is 5. The lowest BCUT2D eigenvalue weighted by Gasteiger charge is -2.43. The molecule has 3 aliphatic rings. The normalized spacial score (nSPS) is 25.1. The SMILES string of the molecule is CC1(Cl)C(c2ccccc2)=CC=CC1(Sc1cc(CN2CC(O)C2)ccn1)c1nc2cc(CN3CCC(C(=O)O)C3)cc(C#N)c2o1. The molecule has 1 aliphatic carbocycles. The molecule has 0 radical (unpaired) electrons. The number of aliphatic carboxylic acids is 1. The lowest BCUT2D eigenvalue weighted by Crippen LogP contribution is -2.49. The second kappa shape index (κ2) is 12.6. The van der Waals surface area contributed by atoms with Gasteiger partial charge in [0.05, 0.1) is 27.5 Å². The first-order chi connectivity index (χ1) is 22.6. The molecule has 47 heavy (non-hydrogen) atoms. The van der Waals surface area contributed by atoms with Gasteiger partial charge in [-0.1, -0.05) is 60.3 Å². The maximum atomic E-state index is 11.5. The number of allylic oxidation sites excluding steroid dienone is 3. The number of thioether (sulfide) groups is 1. The molecule has 7 rings (SSSR count). The largest absolute Gasteiger partial charge is 0.481 e. The molecule has 4 aromatic rings. The number of hydrogen-bond acceptors (Lipinski definition) is 9. The molecule has 240 valence electrons. The van der Waals surface area contributed by atoms with Crippen LogP contribution in [0.3, 0.4) is 0 Å². The van der Waals surface area contributed by atoms with Crippen LogP contribution in [0.1, 0.15) is 41.5 Å². The van der Waals surface area contributed by atoms with Gasteiger partial charge in [-0.3, -0.25) is 14.6 Å². The Balaban J connectivity index is 1.30. The summed E-state index contributed by atoms with van der Waals surface area (Å²) in [4.78, 5) is 24.5. The zero-order valence-corrected chi connectivity index (χ0v) is 27.4. The Bertz CT molecular complexity index is 1930. The van der Waals surface area contributed by atoms with Gasteiger partial charge in [0, 0.05) is 38.9 Å². The Hall–Kier alpha value is -3.98. The number of β-amino-alcohol motifs (C(OH)–C–C–N with tert-alkyl or cyclic N) is 1. The van der Waals surface area contributed by atoms with Gasteiger partial charge in [-0.25, -0.2) is 9.97 Å². The minimum absolute atomic E-state index is 0.281. The molecule has 2 N–H and O–H groups in total. The Kier molecular flexibility index (Phi) is 8.45. The summed E-state index contributed by atoms with van der Waals surface area (Å²) in [5, 5.41) is 30.1. The number of hydrogen-bond donors (Lipinski definition) is 2. The van der Waals surface area contributed by atoms with Crippen molar-refractivity contribution < 1.29 is 19.4 Å². The number of alkyl halides is 1. The maximum Gasteiger partial charge on any atom is 0.307 e. The zero-order valence-electron chi connectivity index (χ0n) is 25.8. The van der Waals surface area contributed by atoms with E-state index in [9.17, 15) is 20.3 Å². The topological polar surface area (TPSA) is 127 Å². The van der Waals surface area contributed by atoms with E-state index in [-0.39, 0.29) is 12.0 Å². The van der Waals surface area contributed by atoms with E-state index in [0.717, 1.165) is 27.3 Å². The van der Waals surface area contributed by atoms with E-state index in [1.54, 1.807) is 12.3 Å². The van der Waals surface area contributed by atoms with Crippen molar-refractivity contribution >= 4 is 46.0 Å². The van der Waals surface area contributed by atoms with Crippen molar-refractivity contribution in [3.63, 3.8) is 0 Å². The Morgan fingerprint density at radius 2 is 1.91 bits per heavy atom. The molecule has 0 saturated carbocycles. The van der Waals surface area contributed by atoms with E-state index in [0.29, 0.717) is 68.2 Å². The van der Waals surface area contributed by atoms with Crippen molar-refractivity contribution in [2.75, 3.05) is 26.2 Å². The molecular weight excluding hydrogens is 634 g/mol. The third-order valence-electron chi connectivity index (χ3n) is 9.31. The number of aliphatic hydroxyl groups is 1. The van der Waals surface area contributed by atoms with Gasteiger partial charge in [0.2, 0.25) is 5.89 Å². The van der Waals surface area contributed by atoms with Crippen LogP contribution in [0.25, 0.3) is 16.7 Å². The van der Waals surface area contributed by atoms with E-state index >= 15 is 0 Å². The number of aromatic nitrogens is 2. The van der Waals surface area contributed by atoms with Crippen LogP contribution < -0.4 is 0 Å². The van der Waals surface area contributed by atoms with Gasteiger partial charge in [0.25, 0.3) is 0 Å². The van der Waals surface area contributed by atoms with Crippen LogP contribution in [-0.2, 0) is 22.6 Å². The first kappa shape index (κ1) is 31.6. The highest BCUT2D eigenvalue weighted by atomic mass is 35.5. The van der Waals surface area contributed by atoms with Crippen molar-refractivity contribution in [2.45, 2.75) is 47.2 Å².